The molecular weight excluding hydrogens is 452 g/mol. The first-order valence-corrected chi connectivity index (χ1v) is 11.0. The molecule has 0 atom stereocenters. The summed E-state index contributed by atoms with van der Waals surface area (Å²) in [6.07, 6.45) is 0.764. The highest BCUT2D eigenvalue weighted by molar-refractivity contribution is 7.89. The van der Waals surface area contributed by atoms with Crippen molar-refractivity contribution in [1.29, 1.82) is 0 Å². The number of sulfonamides is 1. The first kappa shape index (κ1) is 26.6. The van der Waals surface area contributed by atoms with Crippen LogP contribution in [0.2, 0.25) is 0 Å². The van der Waals surface area contributed by atoms with E-state index in [2.05, 4.69) is 10.8 Å². The van der Waals surface area contributed by atoms with Gasteiger partial charge in [-0.05, 0) is 30.3 Å². The Bertz CT molecular complexity index is 877. The third-order valence-electron chi connectivity index (χ3n) is 5.17. The number of rotatable bonds is 8. The van der Waals surface area contributed by atoms with Crippen molar-refractivity contribution in [2.24, 2.45) is 0 Å². The second-order valence-electron chi connectivity index (χ2n) is 7.01. The highest BCUT2D eigenvalue weighted by atomic mass is 35.5. The van der Waals surface area contributed by atoms with E-state index >= 15 is 0 Å². The van der Waals surface area contributed by atoms with Crippen molar-refractivity contribution in [3.8, 4) is 5.75 Å². The Morgan fingerprint density at radius 2 is 1.63 bits per heavy atom. The number of quaternary nitrogens is 2. The average Bonchev–Trinajstić information content (AvgIpc) is 2.72. The normalized spacial score (nSPS) is 18.7. The van der Waals surface area contributed by atoms with Gasteiger partial charge in [0, 0.05) is 19.0 Å². The third kappa shape index (κ3) is 7.08. The second kappa shape index (κ2) is 12.4. The van der Waals surface area contributed by atoms with Crippen LogP contribution in [0.5, 0.6) is 5.75 Å². The average molecular weight is 480 g/mol. The van der Waals surface area contributed by atoms with Gasteiger partial charge in [0.15, 0.2) is 11.4 Å². The van der Waals surface area contributed by atoms with Gasteiger partial charge in [-0.3, -0.25) is 4.90 Å². The van der Waals surface area contributed by atoms with Gasteiger partial charge in [0.05, 0.1) is 18.6 Å². The molecular formula is C20H28Cl2FN3O3S. The first-order chi connectivity index (χ1) is 13.5. The Hall–Kier alpha value is -1.42. The molecule has 0 aromatic heterocycles. The van der Waals surface area contributed by atoms with E-state index in [1.807, 2.05) is 18.2 Å². The Kier molecular flexibility index (Phi) is 11.0. The van der Waals surface area contributed by atoms with E-state index in [0.29, 0.717) is 6.54 Å². The van der Waals surface area contributed by atoms with Crippen molar-refractivity contribution < 1.29 is 52.2 Å². The molecule has 168 valence electrons. The molecule has 3 N–H and O–H groups in total. The molecule has 0 spiro atoms. The van der Waals surface area contributed by atoms with Crippen LogP contribution in [0.25, 0.3) is 0 Å². The predicted molar refractivity (Wildman–Crippen MR) is 105 cm³/mol. The zero-order valence-corrected chi connectivity index (χ0v) is 19.2. The Balaban J connectivity index is 0.00000225. The van der Waals surface area contributed by atoms with E-state index in [1.54, 1.807) is 7.11 Å². The van der Waals surface area contributed by atoms with Gasteiger partial charge in [-0.2, -0.15) is 0 Å². The highest BCUT2D eigenvalue weighted by Gasteiger charge is 2.26. The predicted octanol–water partition coefficient (Wildman–Crippen LogP) is -6.37. The van der Waals surface area contributed by atoms with Crippen LogP contribution in [0, 0.1) is 5.82 Å². The van der Waals surface area contributed by atoms with Crippen LogP contribution in [0.1, 0.15) is 6.42 Å². The number of nitrogens with one attached hydrogen (secondary N) is 3. The van der Waals surface area contributed by atoms with Crippen LogP contribution in [-0.2, 0) is 10.0 Å². The lowest BCUT2D eigenvalue weighted by molar-refractivity contribution is -0.986. The lowest BCUT2D eigenvalue weighted by Crippen LogP contribution is -3.26. The summed E-state index contributed by atoms with van der Waals surface area (Å²) in [7, 11) is -1.88. The van der Waals surface area contributed by atoms with Crippen LogP contribution >= 0.6 is 0 Å². The minimum absolute atomic E-state index is 0. The smallest absolute Gasteiger partial charge is 0.240 e. The van der Waals surface area contributed by atoms with Gasteiger partial charge in [0.1, 0.15) is 32.0 Å². The van der Waals surface area contributed by atoms with Gasteiger partial charge in [0.2, 0.25) is 10.0 Å². The largest absolute Gasteiger partial charge is 1.00 e. The van der Waals surface area contributed by atoms with Crippen LogP contribution < -0.4 is 44.1 Å². The molecule has 1 aliphatic heterocycles. The molecule has 1 saturated heterocycles. The molecule has 3 rings (SSSR count). The molecule has 0 radical (unpaired) electrons. The van der Waals surface area contributed by atoms with Gasteiger partial charge < -0.3 is 34.5 Å². The summed E-state index contributed by atoms with van der Waals surface area (Å²) >= 11 is 0. The van der Waals surface area contributed by atoms with Gasteiger partial charge in [-0.25, -0.2) is 17.5 Å². The molecule has 2 aromatic carbocycles. The molecule has 1 fully saturated rings. The number of hydrogen-bond acceptors (Lipinski definition) is 3. The number of methoxy groups -OCH3 is 1. The fraction of sp³-hybridized carbons (Fsp3) is 0.400. The van der Waals surface area contributed by atoms with Crippen LogP contribution in [0.15, 0.2) is 53.4 Å². The topological polar surface area (TPSA) is 64.3 Å². The van der Waals surface area contributed by atoms with Crippen molar-refractivity contribution >= 4 is 15.7 Å². The van der Waals surface area contributed by atoms with Crippen molar-refractivity contribution in [3.63, 3.8) is 0 Å². The quantitative estimate of drug-likeness (QED) is 0.330. The zero-order chi connectivity index (χ0) is 20.0. The van der Waals surface area contributed by atoms with Crippen molar-refractivity contribution in [2.75, 3.05) is 46.4 Å². The van der Waals surface area contributed by atoms with E-state index in [4.69, 9.17) is 4.74 Å². The Morgan fingerprint density at radius 3 is 2.27 bits per heavy atom. The van der Waals surface area contributed by atoms with E-state index in [1.165, 1.54) is 27.6 Å². The lowest BCUT2D eigenvalue weighted by Gasteiger charge is -2.30. The van der Waals surface area contributed by atoms with Crippen molar-refractivity contribution in [3.05, 3.63) is 54.3 Å². The molecule has 1 aliphatic rings. The number of halogens is 3. The summed E-state index contributed by atoms with van der Waals surface area (Å²) in [5.41, 5.74) is 1.20. The monoisotopic (exact) mass is 479 g/mol. The molecule has 0 aliphatic carbocycles. The van der Waals surface area contributed by atoms with Gasteiger partial charge in [0.25, 0.3) is 0 Å². The van der Waals surface area contributed by atoms with E-state index in [-0.39, 0.29) is 29.7 Å². The number of ether oxygens (including phenoxy) is 1. The second-order valence-corrected chi connectivity index (χ2v) is 8.78. The van der Waals surface area contributed by atoms with Crippen LogP contribution in [0.3, 0.4) is 0 Å². The van der Waals surface area contributed by atoms with E-state index < -0.39 is 15.8 Å². The van der Waals surface area contributed by atoms with Gasteiger partial charge in [-0.15, -0.1) is 0 Å². The van der Waals surface area contributed by atoms with Crippen molar-refractivity contribution in [2.45, 2.75) is 11.3 Å². The first-order valence-electron chi connectivity index (χ1n) is 9.56. The van der Waals surface area contributed by atoms with Crippen LogP contribution in [0.4, 0.5) is 10.1 Å². The van der Waals surface area contributed by atoms with Crippen LogP contribution in [-0.4, -0.2) is 54.8 Å². The Morgan fingerprint density at radius 1 is 1.00 bits per heavy atom. The summed E-state index contributed by atoms with van der Waals surface area (Å²) in [4.78, 5) is 3.01. The molecule has 0 amide bonds. The van der Waals surface area contributed by atoms with E-state index in [9.17, 15) is 12.8 Å². The maximum Gasteiger partial charge on any atom is 0.240 e. The SMILES string of the molecule is COc1ccccc1[NH+]1CC[NH+](CCCNS(=O)(=O)c2ccc(F)cc2)CC1.[Cl-].[Cl-]. The van der Waals surface area contributed by atoms with E-state index in [0.717, 1.165) is 57.0 Å². The molecule has 6 nitrogen and oxygen atoms in total. The zero-order valence-electron chi connectivity index (χ0n) is 16.8. The third-order valence-corrected chi connectivity index (χ3v) is 6.65. The van der Waals surface area contributed by atoms with Gasteiger partial charge in [-0.1, -0.05) is 12.1 Å². The number of para-hydroxylation sites is 2. The minimum Gasteiger partial charge on any atom is -1.00 e. The number of piperazine rings is 1. The molecule has 10 heteroatoms. The molecule has 30 heavy (non-hydrogen) atoms. The molecule has 0 unspecified atom stereocenters. The fourth-order valence-corrected chi connectivity index (χ4v) is 4.68. The summed E-state index contributed by atoms with van der Waals surface area (Å²) in [5.74, 6) is 0.480. The molecule has 0 saturated carbocycles. The Labute approximate surface area is 190 Å². The molecule has 2 aromatic rings. The number of benzene rings is 2. The minimum atomic E-state index is -3.58. The van der Waals surface area contributed by atoms with Gasteiger partial charge >= 0.3 is 0 Å². The molecule has 1 heterocycles. The highest BCUT2D eigenvalue weighted by Crippen LogP contribution is 2.18. The maximum atomic E-state index is 12.9. The summed E-state index contributed by atoms with van der Waals surface area (Å²) < 4.78 is 45.4. The maximum absolute atomic E-state index is 12.9. The fourth-order valence-electron chi connectivity index (χ4n) is 3.60. The number of hydrogen-bond donors (Lipinski definition) is 3. The summed E-state index contributed by atoms with van der Waals surface area (Å²) in [6.45, 7) is 5.43. The van der Waals surface area contributed by atoms with Crippen molar-refractivity contribution in [1.82, 2.24) is 4.72 Å². The standard InChI is InChI=1S/C20H26FN3O3S.2ClH/c1-27-20-6-3-2-5-19(20)24-15-13-23(14-16-24)12-4-11-22-28(25,26)18-9-7-17(21)8-10-18;;/h2-3,5-10,22H,4,11-16H2,1H3;2*1H. The molecule has 0 bridgehead atoms. The summed E-state index contributed by atoms with van der Waals surface area (Å²) in [6, 6.07) is 13.0. The summed E-state index contributed by atoms with van der Waals surface area (Å²) in [5, 5.41) is 0. The lowest BCUT2D eigenvalue weighted by atomic mass is 10.2.